The van der Waals surface area contributed by atoms with Crippen molar-refractivity contribution in [2.75, 3.05) is 0 Å². The van der Waals surface area contributed by atoms with Crippen molar-refractivity contribution in [1.29, 1.82) is 0 Å². The zero-order valence-electron chi connectivity index (χ0n) is 21.4. The van der Waals surface area contributed by atoms with Crippen LogP contribution < -0.4 is 4.74 Å². The number of esters is 2. The summed E-state index contributed by atoms with van der Waals surface area (Å²) in [6, 6.07) is -0.123. The Bertz CT molecular complexity index is 1260. The van der Waals surface area contributed by atoms with Crippen LogP contribution in [-0.4, -0.2) is 42.2 Å². The van der Waals surface area contributed by atoms with E-state index in [0.717, 1.165) is 6.08 Å². The molecule has 2 aliphatic rings. The van der Waals surface area contributed by atoms with Gasteiger partial charge < -0.3 is 14.2 Å². The van der Waals surface area contributed by atoms with Gasteiger partial charge in [-0.3, -0.25) is 9.59 Å². The van der Waals surface area contributed by atoms with Crippen molar-refractivity contribution >= 4 is 24.2 Å². The monoisotopic (exact) mass is 579 g/mol. The van der Waals surface area contributed by atoms with Crippen LogP contribution in [0.2, 0.25) is 0 Å². The van der Waals surface area contributed by atoms with E-state index in [1.54, 1.807) is 0 Å². The van der Waals surface area contributed by atoms with Crippen molar-refractivity contribution in [1.82, 2.24) is 0 Å². The molecule has 218 valence electrons. The van der Waals surface area contributed by atoms with E-state index >= 15 is 0 Å². The first-order valence-corrected chi connectivity index (χ1v) is 12.0. The van der Waals surface area contributed by atoms with E-state index in [0.29, 0.717) is 19.1 Å². The molecule has 3 unspecified atom stereocenters. The zero-order chi connectivity index (χ0) is 29.9. The standard InChI is InChI=1S/C26H24F7NO6/c1-26(2,3)40-25(37)34-10-12(24(36)39-23-20(32)15(28)9-16(29)21(23)33)6-7-17(35)38-22-18(30)13(11-4-5-11)8-14(27)19(22)31/h8-12,14,19H,4-7H2,1-3H3/b34-10+. The number of rotatable bonds is 8. The van der Waals surface area contributed by atoms with Crippen molar-refractivity contribution < 1.29 is 59.3 Å². The van der Waals surface area contributed by atoms with E-state index in [1.807, 2.05) is 0 Å². The third-order valence-corrected chi connectivity index (χ3v) is 5.57. The van der Waals surface area contributed by atoms with E-state index < -0.39 is 95.3 Å². The van der Waals surface area contributed by atoms with Gasteiger partial charge in [-0.25, -0.2) is 26.7 Å². The molecule has 40 heavy (non-hydrogen) atoms. The molecule has 0 aromatic heterocycles. The van der Waals surface area contributed by atoms with E-state index in [4.69, 9.17) is 9.47 Å². The number of ether oxygens (including phenoxy) is 3. The summed E-state index contributed by atoms with van der Waals surface area (Å²) in [6.07, 6.45) is -5.17. The molecule has 0 spiro atoms. The Morgan fingerprint density at radius 3 is 2.17 bits per heavy atom. The molecular formula is C26H24F7NO6. The molecule has 0 aliphatic heterocycles. The number of benzene rings is 1. The molecule has 1 aromatic rings. The average molecular weight is 579 g/mol. The van der Waals surface area contributed by atoms with Gasteiger partial charge in [0.05, 0.1) is 5.92 Å². The van der Waals surface area contributed by atoms with Crippen molar-refractivity contribution in [2.24, 2.45) is 16.8 Å². The molecule has 3 atom stereocenters. The first kappa shape index (κ1) is 30.8. The van der Waals surface area contributed by atoms with Crippen molar-refractivity contribution in [3.63, 3.8) is 0 Å². The molecule has 14 heteroatoms. The Morgan fingerprint density at radius 1 is 1.02 bits per heavy atom. The summed E-state index contributed by atoms with van der Waals surface area (Å²) in [4.78, 5) is 40.3. The van der Waals surface area contributed by atoms with Gasteiger partial charge in [-0.15, -0.1) is 0 Å². The Hall–Kier alpha value is -3.71. The third kappa shape index (κ3) is 7.69. The van der Waals surface area contributed by atoms with Gasteiger partial charge in [0, 0.05) is 18.7 Å². The van der Waals surface area contributed by atoms with Crippen LogP contribution in [0.15, 0.2) is 34.3 Å². The Balaban J connectivity index is 1.78. The number of hydrogen-bond acceptors (Lipinski definition) is 6. The maximum absolute atomic E-state index is 14.7. The summed E-state index contributed by atoms with van der Waals surface area (Å²) in [5.74, 6) is -17.0. The fourth-order valence-corrected chi connectivity index (χ4v) is 3.50. The lowest BCUT2D eigenvalue weighted by molar-refractivity contribution is -0.142. The van der Waals surface area contributed by atoms with E-state index in [2.05, 4.69) is 9.73 Å². The first-order valence-electron chi connectivity index (χ1n) is 12.0. The van der Waals surface area contributed by atoms with E-state index in [1.165, 1.54) is 20.8 Å². The quantitative estimate of drug-likeness (QED) is 0.118. The molecular weight excluding hydrogens is 555 g/mol. The number of hydrogen-bond donors (Lipinski definition) is 0. The molecule has 0 radical (unpaired) electrons. The molecule has 7 nitrogen and oxygen atoms in total. The fourth-order valence-electron chi connectivity index (χ4n) is 3.50. The molecule has 1 saturated carbocycles. The van der Waals surface area contributed by atoms with Gasteiger partial charge in [0.2, 0.25) is 17.4 Å². The van der Waals surface area contributed by atoms with Gasteiger partial charge in [-0.05, 0) is 57.6 Å². The highest BCUT2D eigenvalue weighted by Gasteiger charge is 2.41. The third-order valence-electron chi connectivity index (χ3n) is 5.57. The Labute approximate surface area is 223 Å². The van der Waals surface area contributed by atoms with Crippen LogP contribution >= 0.6 is 0 Å². The van der Waals surface area contributed by atoms with Crippen LogP contribution in [0, 0.1) is 35.1 Å². The molecule has 0 bridgehead atoms. The van der Waals surface area contributed by atoms with Gasteiger partial charge in [0.25, 0.3) is 0 Å². The van der Waals surface area contributed by atoms with Gasteiger partial charge >= 0.3 is 18.0 Å². The van der Waals surface area contributed by atoms with Crippen LogP contribution in [0.1, 0.15) is 46.5 Å². The van der Waals surface area contributed by atoms with E-state index in [9.17, 15) is 45.1 Å². The van der Waals surface area contributed by atoms with Crippen molar-refractivity contribution in [3.8, 4) is 5.75 Å². The lowest BCUT2D eigenvalue weighted by atomic mass is 9.98. The summed E-state index contributed by atoms with van der Waals surface area (Å²) < 4.78 is 112. The van der Waals surface area contributed by atoms with Gasteiger partial charge in [-0.1, -0.05) is 0 Å². The molecule has 1 fully saturated rings. The Morgan fingerprint density at radius 2 is 1.62 bits per heavy atom. The first-order chi connectivity index (χ1) is 18.6. The largest absolute Gasteiger partial charge is 0.442 e. The minimum Gasteiger partial charge on any atom is -0.442 e. The summed E-state index contributed by atoms with van der Waals surface area (Å²) in [6.45, 7) is 4.49. The lowest BCUT2D eigenvalue weighted by Crippen LogP contribution is -2.28. The maximum atomic E-state index is 14.7. The molecule has 1 amide bonds. The summed E-state index contributed by atoms with van der Waals surface area (Å²) in [5.41, 5.74) is -1.14. The number of nitrogens with zero attached hydrogens (tertiary/aromatic N) is 1. The van der Waals surface area contributed by atoms with Crippen LogP contribution in [0.3, 0.4) is 0 Å². The van der Waals surface area contributed by atoms with Gasteiger partial charge in [-0.2, -0.15) is 13.8 Å². The second kappa shape index (κ2) is 12.2. The summed E-state index contributed by atoms with van der Waals surface area (Å²) in [5, 5.41) is 0. The molecule has 0 heterocycles. The molecule has 2 aliphatic carbocycles. The van der Waals surface area contributed by atoms with Crippen LogP contribution in [-0.2, 0) is 19.1 Å². The molecule has 0 N–H and O–H groups in total. The second-order valence-electron chi connectivity index (χ2n) is 10.0. The minimum absolute atomic E-state index is 0.123. The lowest BCUT2D eigenvalue weighted by Gasteiger charge is -2.22. The molecule has 3 rings (SSSR count). The van der Waals surface area contributed by atoms with Crippen LogP contribution in [0.4, 0.5) is 35.5 Å². The number of halogens is 7. The predicted molar refractivity (Wildman–Crippen MR) is 124 cm³/mol. The number of aliphatic imine (C=N–C) groups is 1. The number of carbonyl (C=O) groups excluding carboxylic acids is 3. The second-order valence-corrected chi connectivity index (χ2v) is 10.0. The van der Waals surface area contributed by atoms with Gasteiger partial charge in [0.15, 0.2) is 35.6 Å². The Kier molecular flexibility index (Phi) is 9.41. The van der Waals surface area contributed by atoms with Crippen molar-refractivity contribution in [3.05, 3.63) is 52.6 Å². The highest BCUT2D eigenvalue weighted by atomic mass is 19.2. The number of allylic oxidation sites excluding steroid dienone is 4. The average Bonchev–Trinajstić information content (AvgIpc) is 3.69. The number of amides is 1. The minimum atomic E-state index is -2.62. The van der Waals surface area contributed by atoms with Crippen LogP contribution in [0.25, 0.3) is 0 Å². The highest BCUT2D eigenvalue weighted by Crippen LogP contribution is 2.45. The number of alkyl halides is 2. The van der Waals surface area contributed by atoms with E-state index in [-0.39, 0.29) is 17.6 Å². The normalized spacial score (nSPS) is 20.3. The SMILES string of the molecule is CC(C)(C)OC(=O)/N=C/C(CCC(=O)OC1=C(F)C(C2CC2)=CC(F)C1F)C(=O)Oc1c(F)c(F)cc(F)c1F. The van der Waals surface area contributed by atoms with Gasteiger partial charge in [0.1, 0.15) is 5.60 Å². The highest BCUT2D eigenvalue weighted by molar-refractivity contribution is 5.95. The fraction of sp³-hybridized carbons (Fsp3) is 0.462. The maximum Gasteiger partial charge on any atom is 0.433 e. The number of carbonyl (C=O) groups is 3. The predicted octanol–water partition coefficient (Wildman–Crippen LogP) is 6.30. The smallest absolute Gasteiger partial charge is 0.433 e. The summed E-state index contributed by atoms with van der Waals surface area (Å²) >= 11 is 0. The zero-order valence-corrected chi connectivity index (χ0v) is 21.4. The van der Waals surface area contributed by atoms with Crippen LogP contribution in [0.5, 0.6) is 5.75 Å². The molecule has 1 aromatic carbocycles. The topological polar surface area (TPSA) is 91.3 Å². The van der Waals surface area contributed by atoms with Crippen molar-refractivity contribution in [2.45, 2.75) is 64.4 Å². The molecule has 0 saturated heterocycles. The summed E-state index contributed by atoms with van der Waals surface area (Å²) in [7, 11) is 0.